The lowest BCUT2D eigenvalue weighted by Crippen LogP contribution is -2.49. The second-order valence-electron chi connectivity index (χ2n) is 20.2. The summed E-state index contributed by atoms with van der Waals surface area (Å²) in [4.78, 5) is 120. The fourth-order valence-electron chi connectivity index (χ4n) is 10.2. The highest BCUT2D eigenvalue weighted by molar-refractivity contribution is 6.06. The highest BCUT2D eigenvalue weighted by Crippen LogP contribution is 2.27. The number of aromatic hydroxyl groups is 2. The summed E-state index contributed by atoms with van der Waals surface area (Å²) in [6, 6.07) is 17.5. The third kappa shape index (κ3) is 17.1. The van der Waals surface area contributed by atoms with Crippen molar-refractivity contribution >= 4 is 47.3 Å². The van der Waals surface area contributed by atoms with Gasteiger partial charge in [-0.2, -0.15) is 0 Å². The number of rotatable bonds is 6. The Kier molecular flexibility index (Phi) is 23.4. The van der Waals surface area contributed by atoms with Crippen molar-refractivity contribution in [3.63, 3.8) is 0 Å². The van der Waals surface area contributed by atoms with Gasteiger partial charge < -0.3 is 68.0 Å². The summed E-state index contributed by atoms with van der Waals surface area (Å²) in [5.74, 6) is -5.39. The van der Waals surface area contributed by atoms with Crippen molar-refractivity contribution in [1.82, 2.24) is 62.1 Å². The topological polar surface area (TPSA) is 331 Å². The maximum atomic E-state index is 14.3. The molecule has 3 unspecified atom stereocenters. The molecule has 0 radical (unpaired) electrons. The summed E-state index contributed by atoms with van der Waals surface area (Å²) in [7, 11) is 2.76. The first-order chi connectivity index (χ1) is 40.2. The molecule has 446 valence electrons. The van der Waals surface area contributed by atoms with E-state index < -0.39 is 64.8 Å². The zero-order chi connectivity index (χ0) is 59.3. The van der Waals surface area contributed by atoms with Crippen molar-refractivity contribution in [2.24, 2.45) is 5.73 Å². The minimum absolute atomic E-state index is 0.0350. The Hall–Kier alpha value is -8.36. The van der Waals surface area contributed by atoms with E-state index >= 15 is 0 Å². The van der Waals surface area contributed by atoms with E-state index in [0.717, 1.165) is 0 Å². The smallest absolute Gasteiger partial charge is 0.255 e. The van der Waals surface area contributed by atoms with Crippen LogP contribution >= 0.6 is 0 Å². The van der Waals surface area contributed by atoms with Crippen LogP contribution in [0.3, 0.4) is 0 Å². The summed E-state index contributed by atoms with van der Waals surface area (Å²) in [6.07, 6.45) is 1.70. The molecule has 0 saturated carbocycles. The second-order valence-corrected chi connectivity index (χ2v) is 20.2. The number of carbonyl (C=O) groups excluding carboxylic acids is 8. The molecule has 0 spiro atoms. The van der Waals surface area contributed by atoms with Gasteiger partial charge in [0.2, 0.25) is 0 Å². The van der Waals surface area contributed by atoms with Crippen LogP contribution in [-0.2, 0) is 0 Å². The first-order valence-electron chi connectivity index (χ1n) is 28.1. The van der Waals surface area contributed by atoms with Crippen LogP contribution in [0.2, 0.25) is 0 Å². The number of nitrogens with zero attached hydrogens (tertiary/aromatic N) is 4. The van der Waals surface area contributed by atoms with E-state index in [1.54, 1.807) is 36.4 Å². The number of fused-ring (bicyclic) bond motifs is 16. The van der Waals surface area contributed by atoms with Crippen LogP contribution in [0.15, 0.2) is 72.8 Å². The summed E-state index contributed by atoms with van der Waals surface area (Å²) >= 11 is 0. The number of benzene rings is 4. The number of ether oxygens (including phenoxy) is 2. The summed E-state index contributed by atoms with van der Waals surface area (Å²) in [5, 5.41) is 46.5. The Bertz CT molecular complexity index is 2870. The highest BCUT2D eigenvalue weighted by atomic mass is 16.5. The van der Waals surface area contributed by atoms with Crippen molar-refractivity contribution in [3.8, 4) is 23.0 Å². The number of unbranched alkanes of at least 4 members (excludes halogenated alkanes) is 1. The fraction of sp³-hybridized carbons (Fsp3) is 0.448. The molecular formula is C58H77N13O12. The van der Waals surface area contributed by atoms with E-state index in [-0.39, 0.29) is 161 Å². The van der Waals surface area contributed by atoms with E-state index in [9.17, 15) is 48.6 Å². The molecule has 25 nitrogen and oxygen atoms in total. The maximum Gasteiger partial charge on any atom is 0.255 e. The molecule has 12 bridgehead atoms. The fourth-order valence-corrected chi connectivity index (χ4v) is 10.2. The molecule has 4 aliphatic rings. The summed E-state index contributed by atoms with van der Waals surface area (Å²) < 4.78 is 11.4. The Morgan fingerprint density at radius 1 is 0.398 bits per heavy atom. The molecule has 0 saturated heterocycles. The van der Waals surface area contributed by atoms with E-state index in [2.05, 4.69) is 42.5 Å². The average Bonchev–Trinajstić information content (AvgIpc) is 3.51. The number of amides is 8. The number of phenols is 2. The second kappa shape index (κ2) is 31.2. The Morgan fingerprint density at radius 3 is 0.964 bits per heavy atom. The van der Waals surface area contributed by atoms with Gasteiger partial charge in [0.15, 0.2) is 0 Å². The average molecular weight is 1150 g/mol. The molecule has 4 aliphatic heterocycles. The number of carbonyl (C=O) groups is 8. The molecule has 4 aromatic carbocycles. The number of methoxy groups -OCH3 is 2. The third-order valence-electron chi connectivity index (χ3n) is 14.7. The normalized spacial score (nSPS) is 21.9. The van der Waals surface area contributed by atoms with Gasteiger partial charge in [0, 0.05) is 130 Å². The standard InChI is InChI=1S/C58H77N13O12/c1-82-49-43-14-7-16-45(49)56(79)65-23-30-70-31-24-66-57(80)46-17-8-15-44(50(46)83-2)55(78)64-22-29-69(28-21-63-54(43)77)34-33-68-26-19-60-51(74)39-10-5-11-40(47(39)72)52(75)62-25-32-71(36-35-70)37-38(9-3-4-18-59)67-58(81)42-13-6-12-41(48(42)73)53(76)61-20-27-68/h5-8,10-17,38,72-73H,3-4,9,18-37,59H2,1-2H3,(H,60,74)(H,61,76)(H,62,75)(H,63,77)(H,64,78)(H,65,79)(H,66,80)(H,67,81). The van der Waals surface area contributed by atoms with Crippen LogP contribution in [0.1, 0.15) is 102 Å². The van der Waals surface area contributed by atoms with Crippen molar-refractivity contribution in [1.29, 1.82) is 0 Å². The number of phenolic OH excluding ortho intramolecular Hbond substituents is 2. The van der Waals surface area contributed by atoms with Crippen LogP contribution in [0.5, 0.6) is 23.0 Å². The number of para-hydroxylation sites is 4. The first kappa shape index (κ1) is 62.2. The molecule has 0 aliphatic carbocycles. The Morgan fingerprint density at radius 2 is 0.663 bits per heavy atom. The highest BCUT2D eigenvalue weighted by Gasteiger charge is 2.27. The van der Waals surface area contributed by atoms with Gasteiger partial charge in [-0.3, -0.25) is 58.0 Å². The molecule has 4 heterocycles. The molecule has 0 aromatic heterocycles. The molecule has 3 atom stereocenters. The van der Waals surface area contributed by atoms with Crippen molar-refractivity contribution in [2.45, 2.75) is 25.3 Å². The Labute approximate surface area is 482 Å². The minimum atomic E-state index is -0.636. The van der Waals surface area contributed by atoms with Gasteiger partial charge >= 0.3 is 0 Å². The molecular weight excluding hydrogens is 1070 g/mol. The quantitative estimate of drug-likeness (QED) is 0.111. The number of nitrogens with one attached hydrogen (secondary N) is 8. The maximum absolute atomic E-state index is 14.3. The van der Waals surface area contributed by atoms with E-state index in [0.29, 0.717) is 45.4 Å². The predicted octanol–water partition coefficient (Wildman–Crippen LogP) is -0.200. The molecule has 25 heteroatoms. The molecule has 8 amide bonds. The summed E-state index contributed by atoms with van der Waals surface area (Å²) in [6.45, 7) is 3.90. The number of hydrogen-bond donors (Lipinski definition) is 11. The van der Waals surface area contributed by atoms with E-state index in [4.69, 9.17) is 15.2 Å². The SMILES string of the molecule is COc1c2cccc1C(=O)NCCN1CCNC(=O)c3cccc(c3OC)C(=O)NCCN(CCNC2=O)CCN2CCNC(=O)c3cccc(c3O)C(=O)NCCN(CC1)CC(CCCCN)NC(=O)c1cccc(c1O)C(=O)NCC2. The largest absolute Gasteiger partial charge is 0.506 e. The Balaban J connectivity index is 1.33. The number of nitrogens with two attached hydrogens (primary N) is 1. The molecule has 8 rings (SSSR count). The lowest BCUT2D eigenvalue weighted by Gasteiger charge is -2.31. The van der Waals surface area contributed by atoms with Crippen molar-refractivity contribution in [3.05, 3.63) is 117 Å². The van der Waals surface area contributed by atoms with Gasteiger partial charge in [-0.1, -0.05) is 30.7 Å². The molecule has 4 aromatic rings. The van der Waals surface area contributed by atoms with Gasteiger partial charge in [0.25, 0.3) is 47.3 Å². The lowest BCUT2D eigenvalue weighted by molar-refractivity contribution is 0.0896. The van der Waals surface area contributed by atoms with Crippen LogP contribution in [0.25, 0.3) is 0 Å². The van der Waals surface area contributed by atoms with Crippen LogP contribution in [-0.4, -0.2) is 228 Å². The van der Waals surface area contributed by atoms with Gasteiger partial charge in [0.05, 0.1) is 58.7 Å². The molecule has 83 heavy (non-hydrogen) atoms. The van der Waals surface area contributed by atoms with Gasteiger partial charge in [-0.15, -0.1) is 0 Å². The molecule has 12 N–H and O–H groups in total. The zero-order valence-corrected chi connectivity index (χ0v) is 47.1. The summed E-state index contributed by atoms with van der Waals surface area (Å²) in [5.41, 5.74) is 5.96. The number of hydrogen-bond acceptors (Lipinski definition) is 17. The lowest BCUT2D eigenvalue weighted by atomic mass is 10.0. The predicted molar refractivity (Wildman–Crippen MR) is 308 cm³/mol. The first-order valence-corrected chi connectivity index (χ1v) is 28.1. The van der Waals surface area contributed by atoms with Crippen molar-refractivity contribution in [2.75, 3.05) is 145 Å². The zero-order valence-electron chi connectivity index (χ0n) is 47.1. The van der Waals surface area contributed by atoms with Gasteiger partial charge in [0.1, 0.15) is 23.0 Å². The van der Waals surface area contributed by atoms with E-state index in [1.807, 2.05) is 19.6 Å². The molecule has 0 fully saturated rings. The van der Waals surface area contributed by atoms with Crippen molar-refractivity contribution < 1.29 is 58.0 Å². The van der Waals surface area contributed by atoms with Crippen LogP contribution in [0.4, 0.5) is 0 Å². The van der Waals surface area contributed by atoms with E-state index in [1.165, 1.54) is 50.6 Å². The van der Waals surface area contributed by atoms with Crippen LogP contribution < -0.4 is 57.7 Å². The van der Waals surface area contributed by atoms with Gasteiger partial charge in [-0.05, 0) is 67.9 Å². The monoisotopic (exact) mass is 1150 g/mol. The minimum Gasteiger partial charge on any atom is -0.506 e. The van der Waals surface area contributed by atoms with Gasteiger partial charge in [-0.25, -0.2) is 0 Å². The third-order valence-corrected chi connectivity index (χ3v) is 14.7. The van der Waals surface area contributed by atoms with Crippen LogP contribution in [0, 0.1) is 0 Å².